The van der Waals surface area contributed by atoms with Crippen LogP contribution in [0.1, 0.15) is 11.1 Å². The minimum absolute atomic E-state index is 0.0334. The Morgan fingerprint density at radius 3 is 2.21 bits per heavy atom. The number of hydrogen-bond donors (Lipinski definition) is 3. The fraction of sp³-hybridized carbons (Fsp3) is 0.222. The zero-order chi connectivity index (χ0) is 17.4. The molecule has 24 heavy (non-hydrogen) atoms. The van der Waals surface area contributed by atoms with E-state index < -0.39 is 5.97 Å². The Balaban J connectivity index is 1.75. The Labute approximate surface area is 140 Å². The number of nitrogens with one attached hydrogen (secondary N) is 2. The van der Waals surface area contributed by atoms with Crippen LogP contribution in [0, 0.1) is 0 Å². The molecule has 0 spiro atoms. The maximum absolute atomic E-state index is 11.8. The third-order valence-electron chi connectivity index (χ3n) is 3.43. The van der Waals surface area contributed by atoms with Crippen LogP contribution in [0.4, 0.5) is 10.5 Å². The van der Waals surface area contributed by atoms with E-state index in [1.807, 2.05) is 24.3 Å². The first-order valence-electron chi connectivity index (χ1n) is 7.55. The van der Waals surface area contributed by atoms with Gasteiger partial charge in [0.05, 0.1) is 13.5 Å². The van der Waals surface area contributed by atoms with Gasteiger partial charge in [0.25, 0.3) is 0 Å². The van der Waals surface area contributed by atoms with Crippen molar-refractivity contribution >= 4 is 17.7 Å². The van der Waals surface area contributed by atoms with Gasteiger partial charge in [0.2, 0.25) is 0 Å². The summed E-state index contributed by atoms with van der Waals surface area (Å²) in [5, 5.41) is 14.2. The summed E-state index contributed by atoms with van der Waals surface area (Å²) in [5.41, 5.74) is 2.41. The summed E-state index contributed by atoms with van der Waals surface area (Å²) in [4.78, 5) is 22.4. The maximum Gasteiger partial charge on any atom is 0.319 e. The molecule has 0 heterocycles. The molecule has 0 unspecified atom stereocenters. The third-order valence-corrected chi connectivity index (χ3v) is 3.43. The molecule has 0 aliphatic rings. The number of carbonyl (C=O) groups is 2. The minimum atomic E-state index is -0.882. The summed E-state index contributed by atoms with van der Waals surface area (Å²) in [6.07, 6.45) is 0.684. The quantitative estimate of drug-likeness (QED) is 0.729. The SMILES string of the molecule is COc1ccc(CCNC(=O)Nc2ccc(CC(=O)O)cc2)cc1. The third kappa shape index (κ3) is 5.64. The van der Waals surface area contributed by atoms with Gasteiger partial charge in [-0.05, 0) is 41.8 Å². The molecule has 0 aliphatic heterocycles. The predicted octanol–water partition coefficient (Wildman–Crippen LogP) is 2.69. The molecule has 126 valence electrons. The van der Waals surface area contributed by atoms with Gasteiger partial charge < -0.3 is 20.5 Å². The van der Waals surface area contributed by atoms with Gasteiger partial charge in [-0.3, -0.25) is 4.79 Å². The van der Waals surface area contributed by atoms with Crippen LogP contribution in [0.5, 0.6) is 5.75 Å². The number of methoxy groups -OCH3 is 1. The van der Waals surface area contributed by atoms with Crippen LogP contribution in [0.2, 0.25) is 0 Å². The number of hydrogen-bond acceptors (Lipinski definition) is 3. The first-order chi connectivity index (χ1) is 11.6. The summed E-state index contributed by atoms with van der Waals surface area (Å²) >= 11 is 0. The van der Waals surface area contributed by atoms with Crippen LogP contribution >= 0.6 is 0 Å². The lowest BCUT2D eigenvalue weighted by molar-refractivity contribution is -0.136. The number of amides is 2. The Hall–Kier alpha value is -3.02. The number of urea groups is 1. The topological polar surface area (TPSA) is 87.7 Å². The van der Waals surface area contributed by atoms with E-state index in [9.17, 15) is 9.59 Å². The number of ether oxygens (including phenoxy) is 1. The second-order valence-corrected chi connectivity index (χ2v) is 5.25. The van der Waals surface area contributed by atoms with Crippen molar-refractivity contribution in [2.24, 2.45) is 0 Å². The molecular weight excluding hydrogens is 308 g/mol. The summed E-state index contributed by atoms with van der Waals surface area (Å²) in [6, 6.07) is 14.1. The number of carboxylic acids is 1. The molecule has 0 saturated heterocycles. The lowest BCUT2D eigenvalue weighted by Gasteiger charge is -2.08. The van der Waals surface area contributed by atoms with Crippen molar-refractivity contribution < 1.29 is 19.4 Å². The molecule has 0 bridgehead atoms. The van der Waals surface area contributed by atoms with Gasteiger partial charge in [0.15, 0.2) is 0 Å². The molecule has 2 aromatic rings. The predicted molar refractivity (Wildman–Crippen MR) is 91.5 cm³/mol. The standard InChI is InChI=1S/C18H20N2O4/c1-24-16-8-4-13(5-9-16)10-11-19-18(23)20-15-6-2-14(3-7-15)12-17(21)22/h2-9H,10-12H2,1H3,(H,21,22)(H2,19,20,23). The van der Waals surface area contributed by atoms with Crippen LogP contribution < -0.4 is 15.4 Å². The largest absolute Gasteiger partial charge is 0.497 e. The lowest BCUT2D eigenvalue weighted by atomic mass is 10.1. The van der Waals surface area contributed by atoms with Crippen molar-refractivity contribution in [2.45, 2.75) is 12.8 Å². The van der Waals surface area contributed by atoms with Gasteiger partial charge >= 0.3 is 12.0 Å². The van der Waals surface area contributed by atoms with E-state index in [1.165, 1.54) is 0 Å². The number of rotatable bonds is 7. The van der Waals surface area contributed by atoms with Crippen LogP contribution in [0.3, 0.4) is 0 Å². The van der Waals surface area contributed by atoms with Gasteiger partial charge in [-0.15, -0.1) is 0 Å². The average Bonchev–Trinajstić information content (AvgIpc) is 2.57. The molecule has 2 amide bonds. The number of anilines is 1. The highest BCUT2D eigenvalue weighted by molar-refractivity contribution is 5.89. The van der Waals surface area contributed by atoms with E-state index in [1.54, 1.807) is 31.4 Å². The lowest BCUT2D eigenvalue weighted by Crippen LogP contribution is -2.30. The summed E-state index contributed by atoms with van der Waals surface area (Å²) in [7, 11) is 1.62. The number of aliphatic carboxylic acids is 1. The van der Waals surface area contributed by atoms with Crippen LogP contribution in [0.15, 0.2) is 48.5 Å². The number of carbonyl (C=O) groups excluding carboxylic acids is 1. The molecular formula is C18H20N2O4. The van der Waals surface area contributed by atoms with Crippen molar-refractivity contribution in [1.82, 2.24) is 5.32 Å². The molecule has 6 nitrogen and oxygen atoms in total. The van der Waals surface area contributed by atoms with Crippen molar-refractivity contribution in [2.75, 3.05) is 19.0 Å². The monoisotopic (exact) mass is 328 g/mol. The average molecular weight is 328 g/mol. The maximum atomic E-state index is 11.8. The molecule has 2 aromatic carbocycles. The minimum Gasteiger partial charge on any atom is -0.497 e. The van der Waals surface area contributed by atoms with E-state index in [-0.39, 0.29) is 12.5 Å². The smallest absolute Gasteiger partial charge is 0.319 e. The number of benzene rings is 2. The number of carboxylic acid groups (broad SMARTS) is 1. The van der Waals surface area contributed by atoms with Crippen LogP contribution in [0.25, 0.3) is 0 Å². The normalized spacial score (nSPS) is 10.0. The van der Waals surface area contributed by atoms with Crippen LogP contribution in [-0.4, -0.2) is 30.8 Å². The fourth-order valence-electron chi connectivity index (χ4n) is 2.17. The van der Waals surface area contributed by atoms with E-state index in [0.717, 1.165) is 17.7 Å². The van der Waals surface area contributed by atoms with Crippen molar-refractivity contribution in [1.29, 1.82) is 0 Å². The highest BCUT2D eigenvalue weighted by atomic mass is 16.5. The molecule has 0 saturated carbocycles. The zero-order valence-electron chi connectivity index (χ0n) is 13.4. The van der Waals surface area contributed by atoms with E-state index >= 15 is 0 Å². The summed E-state index contributed by atoms with van der Waals surface area (Å²) < 4.78 is 5.10. The fourth-order valence-corrected chi connectivity index (χ4v) is 2.17. The zero-order valence-corrected chi connectivity index (χ0v) is 13.4. The summed E-state index contributed by atoms with van der Waals surface area (Å²) in [6.45, 7) is 0.509. The Morgan fingerprint density at radius 2 is 1.62 bits per heavy atom. The van der Waals surface area contributed by atoms with E-state index in [0.29, 0.717) is 17.8 Å². The molecule has 6 heteroatoms. The van der Waals surface area contributed by atoms with E-state index in [4.69, 9.17) is 9.84 Å². The van der Waals surface area contributed by atoms with Crippen LogP contribution in [-0.2, 0) is 17.6 Å². The Kier molecular flexibility index (Phi) is 6.19. The second-order valence-electron chi connectivity index (χ2n) is 5.25. The van der Waals surface area contributed by atoms with Crippen molar-refractivity contribution in [3.05, 3.63) is 59.7 Å². The van der Waals surface area contributed by atoms with Gasteiger partial charge in [0, 0.05) is 12.2 Å². The summed E-state index contributed by atoms with van der Waals surface area (Å²) in [5.74, 6) is -0.0808. The molecule has 0 aromatic heterocycles. The van der Waals surface area contributed by atoms with Gasteiger partial charge in [-0.25, -0.2) is 4.79 Å². The first kappa shape index (κ1) is 17.3. The second kappa shape index (κ2) is 8.57. The molecule has 0 fully saturated rings. The van der Waals surface area contributed by atoms with E-state index in [2.05, 4.69) is 10.6 Å². The molecule has 0 radical (unpaired) electrons. The molecule has 0 atom stereocenters. The molecule has 2 rings (SSSR count). The highest BCUT2D eigenvalue weighted by Gasteiger charge is 2.03. The van der Waals surface area contributed by atoms with Gasteiger partial charge in [-0.1, -0.05) is 24.3 Å². The van der Waals surface area contributed by atoms with Crippen molar-refractivity contribution in [3.63, 3.8) is 0 Å². The Bertz CT molecular complexity index is 681. The first-order valence-corrected chi connectivity index (χ1v) is 7.55. The Morgan fingerprint density at radius 1 is 1.00 bits per heavy atom. The van der Waals surface area contributed by atoms with Crippen molar-refractivity contribution in [3.8, 4) is 5.75 Å². The molecule has 0 aliphatic carbocycles. The van der Waals surface area contributed by atoms with Gasteiger partial charge in [0.1, 0.15) is 5.75 Å². The van der Waals surface area contributed by atoms with Gasteiger partial charge in [-0.2, -0.15) is 0 Å². The molecule has 3 N–H and O–H groups in total. The highest BCUT2D eigenvalue weighted by Crippen LogP contribution is 2.12.